The maximum Gasteiger partial charge on any atom is 0.0366 e. The van der Waals surface area contributed by atoms with Crippen LogP contribution in [0.5, 0.6) is 0 Å². The molecule has 1 aliphatic rings. The molecule has 0 saturated carbocycles. The molecular weight excluding hydrogens is 126 g/mol. The molecule has 0 aliphatic carbocycles. The van der Waals surface area contributed by atoms with Crippen LogP contribution in [0.15, 0.2) is 0 Å². The number of hydrazine groups is 1. The van der Waals surface area contributed by atoms with Gasteiger partial charge in [0.05, 0.1) is 0 Å². The lowest BCUT2D eigenvalue weighted by Gasteiger charge is -2.36. The van der Waals surface area contributed by atoms with Gasteiger partial charge in [-0.2, -0.15) is 0 Å². The SMILES string of the molecule is CCC1CN(C)CCN1N. The summed E-state index contributed by atoms with van der Waals surface area (Å²) >= 11 is 0. The molecule has 0 aromatic carbocycles. The zero-order valence-corrected chi connectivity index (χ0v) is 6.88. The Morgan fingerprint density at radius 3 is 2.70 bits per heavy atom. The summed E-state index contributed by atoms with van der Waals surface area (Å²) in [7, 11) is 2.15. The van der Waals surface area contributed by atoms with Gasteiger partial charge in [-0.1, -0.05) is 6.92 Å². The molecule has 2 N–H and O–H groups in total. The fourth-order valence-electron chi connectivity index (χ4n) is 1.39. The smallest absolute Gasteiger partial charge is 0.0366 e. The Balaban J connectivity index is 2.38. The number of piperazine rings is 1. The minimum absolute atomic E-state index is 0.568. The molecule has 0 aromatic heterocycles. The van der Waals surface area contributed by atoms with Crippen molar-refractivity contribution in [1.82, 2.24) is 9.91 Å². The fraction of sp³-hybridized carbons (Fsp3) is 1.00. The van der Waals surface area contributed by atoms with Crippen LogP contribution in [-0.4, -0.2) is 42.6 Å². The predicted molar refractivity (Wildman–Crippen MR) is 42.5 cm³/mol. The highest BCUT2D eigenvalue weighted by Crippen LogP contribution is 2.06. The van der Waals surface area contributed by atoms with E-state index >= 15 is 0 Å². The maximum atomic E-state index is 5.76. The van der Waals surface area contributed by atoms with Crippen molar-refractivity contribution in [3.63, 3.8) is 0 Å². The van der Waals surface area contributed by atoms with E-state index in [9.17, 15) is 0 Å². The third kappa shape index (κ3) is 1.68. The lowest BCUT2D eigenvalue weighted by atomic mass is 10.1. The summed E-state index contributed by atoms with van der Waals surface area (Å²) in [4.78, 5) is 2.33. The fourth-order valence-corrected chi connectivity index (χ4v) is 1.39. The Morgan fingerprint density at radius 2 is 2.20 bits per heavy atom. The topological polar surface area (TPSA) is 32.5 Å². The summed E-state index contributed by atoms with van der Waals surface area (Å²) in [6.45, 7) is 5.42. The Bertz CT molecular complexity index is 105. The molecule has 3 nitrogen and oxygen atoms in total. The molecule has 0 bridgehead atoms. The van der Waals surface area contributed by atoms with Crippen LogP contribution in [0.1, 0.15) is 13.3 Å². The monoisotopic (exact) mass is 143 g/mol. The number of hydrogen-bond acceptors (Lipinski definition) is 3. The van der Waals surface area contributed by atoms with Crippen LogP contribution >= 0.6 is 0 Å². The van der Waals surface area contributed by atoms with Gasteiger partial charge in [0.25, 0.3) is 0 Å². The van der Waals surface area contributed by atoms with Crippen LogP contribution in [0.2, 0.25) is 0 Å². The molecule has 3 heteroatoms. The molecule has 0 spiro atoms. The summed E-state index contributed by atoms with van der Waals surface area (Å²) in [6, 6.07) is 0.568. The molecule has 10 heavy (non-hydrogen) atoms. The third-order valence-electron chi connectivity index (χ3n) is 2.20. The Kier molecular flexibility index (Phi) is 2.65. The Hall–Kier alpha value is -0.120. The Labute approximate surface area is 62.8 Å². The van der Waals surface area contributed by atoms with Gasteiger partial charge < -0.3 is 4.90 Å². The Morgan fingerprint density at radius 1 is 1.50 bits per heavy atom. The first-order chi connectivity index (χ1) is 4.74. The number of rotatable bonds is 1. The zero-order chi connectivity index (χ0) is 7.56. The van der Waals surface area contributed by atoms with E-state index in [1.54, 1.807) is 0 Å². The van der Waals surface area contributed by atoms with Crippen molar-refractivity contribution in [3.05, 3.63) is 0 Å². The minimum atomic E-state index is 0.568. The summed E-state index contributed by atoms with van der Waals surface area (Å²) in [5.74, 6) is 5.76. The zero-order valence-electron chi connectivity index (χ0n) is 6.88. The minimum Gasteiger partial charge on any atom is -0.303 e. The van der Waals surface area contributed by atoms with Gasteiger partial charge in [-0.3, -0.25) is 5.84 Å². The average Bonchev–Trinajstić information content (AvgIpc) is 1.94. The van der Waals surface area contributed by atoms with Crippen LogP contribution in [0, 0.1) is 0 Å². The van der Waals surface area contributed by atoms with E-state index in [0.29, 0.717) is 6.04 Å². The largest absolute Gasteiger partial charge is 0.303 e. The summed E-state index contributed by atoms with van der Waals surface area (Å²) < 4.78 is 0. The molecule has 1 atom stereocenters. The van der Waals surface area contributed by atoms with Crippen molar-refractivity contribution in [3.8, 4) is 0 Å². The van der Waals surface area contributed by atoms with Crippen molar-refractivity contribution >= 4 is 0 Å². The molecule has 1 fully saturated rings. The molecule has 0 amide bonds. The van der Waals surface area contributed by atoms with Gasteiger partial charge in [0.2, 0.25) is 0 Å². The van der Waals surface area contributed by atoms with E-state index in [1.807, 2.05) is 5.01 Å². The molecule has 1 unspecified atom stereocenters. The quantitative estimate of drug-likeness (QED) is 0.520. The lowest BCUT2D eigenvalue weighted by Crippen LogP contribution is -2.54. The van der Waals surface area contributed by atoms with Crippen LogP contribution in [0.3, 0.4) is 0 Å². The van der Waals surface area contributed by atoms with Crippen molar-refractivity contribution in [1.29, 1.82) is 0 Å². The standard InChI is InChI=1S/C7H17N3/c1-3-7-6-9(2)4-5-10(7)8/h7H,3-6,8H2,1-2H3. The van der Waals surface area contributed by atoms with Crippen molar-refractivity contribution in [2.75, 3.05) is 26.7 Å². The molecule has 1 saturated heterocycles. The summed E-state index contributed by atoms with van der Waals surface area (Å²) in [6.07, 6.45) is 1.15. The van der Waals surface area contributed by atoms with E-state index in [-0.39, 0.29) is 0 Å². The van der Waals surface area contributed by atoms with Gasteiger partial charge in [0, 0.05) is 25.7 Å². The second kappa shape index (κ2) is 3.32. The molecule has 0 radical (unpaired) electrons. The number of hydrogen-bond donors (Lipinski definition) is 1. The highest BCUT2D eigenvalue weighted by Gasteiger charge is 2.20. The van der Waals surface area contributed by atoms with Gasteiger partial charge in [0.1, 0.15) is 0 Å². The van der Waals surface area contributed by atoms with Gasteiger partial charge >= 0.3 is 0 Å². The molecule has 60 valence electrons. The van der Waals surface area contributed by atoms with Crippen LogP contribution in [-0.2, 0) is 0 Å². The number of nitrogens with zero attached hydrogens (tertiary/aromatic N) is 2. The highest BCUT2D eigenvalue weighted by molar-refractivity contribution is 4.75. The van der Waals surface area contributed by atoms with E-state index < -0.39 is 0 Å². The maximum absolute atomic E-state index is 5.76. The summed E-state index contributed by atoms with van der Waals surface area (Å²) in [5, 5.41) is 1.96. The second-order valence-corrected chi connectivity index (χ2v) is 3.06. The number of likely N-dealkylation sites (N-methyl/N-ethyl adjacent to an activating group) is 1. The first-order valence-corrected chi connectivity index (χ1v) is 3.94. The second-order valence-electron chi connectivity index (χ2n) is 3.06. The van der Waals surface area contributed by atoms with E-state index in [0.717, 1.165) is 26.1 Å². The highest BCUT2D eigenvalue weighted by atomic mass is 15.5. The third-order valence-corrected chi connectivity index (χ3v) is 2.20. The molecule has 0 aromatic rings. The molecule has 1 aliphatic heterocycles. The van der Waals surface area contributed by atoms with Crippen LogP contribution in [0.4, 0.5) is 0 Å². The van der Waals surface area contributed by atoms with Crippen LogP contribution in [0.25, 0.3) is 0 Å². The molecule has 1 rings (SSSR count). The molecule has 1 heterocycles. The average molecular weight is 143 g/mol. The first kappa shape index (κ1) is 7.98. The van der Waals surface area contributed by atoms with Gasteiger partial charge in [-0.25, -0.2) is 5.01 Å². The van der Waals surface area contributed by atoms with Gasteiger partial charge in [-0.15, -0.1) is 0 Å². The normalized spacial score (nSPS) is 30.9. The van der Waals surface area contributed by atoms with Gasteiger partial charge in [-0.05, 0) is 13.5 Å². The lowest BCUT2D eigenvalue weighted by molar-refractivity contribution is 0.0882. The first-order valence-electron chi connectivity index (χ1n) is 3.94. The van der Waals surface area contributed by atoms with Gasteiger partial charge in [0.15, 0.2) is 0 Å². The van der Waals surface area contributed by atoms with E-state index in [1.165, 1.54) is 0 Å². The van der Waals surface area contributed by atoms with E-state index in [4.69, 9.17) is 5.84 Å². The summed E-state index contributed by atoms with van der Waals surface area (Å²) in [5.41, 5.74) is 0. The van der Waals surface area contributed by atoms with E-state index in [2.05, 4.69) is 18.9 Å². The van der Waals surface area contributed by atoms with Crippen molar-refractivity contribution < 1.29 is 0 Å². The van der Waals surface area contributed by atoms with Crippen molar-refractivity contribution in [2.24, 2.45) is 5.84 Å². The van der Waals surface area contributed by atoms with Crippen LogP contribution < -0.4 is 5.84 Å². The predicted octanol–water partition coefficient (Wildman–Crippen LogP) is -0.114. The number of nitrogens with two attached hydrogens (primary N) is 1. The van der Waals surface area contributed by atoms with Crippen molar-refractivity contribution in [2.45, 2.75) is 19.4 Å². The molecular formula is C7H17N3.